The zero-order valence-electron chi connectivity index (χ0n) is 9.34. The van der Waals surface area contributed by atoms with Crippen LogP contribution in [0.4, 0.5) is 4.39 Å². The van der Waals surface area contributed by atoms with Gasteiger partial charge in [-0.25, -0.2) is 12.8 Å². The molecule has 4 nitrogen and oxygen atoms in total. The van der Waals surface area contributed by atoms with Crippen molar-refractivity contribution in [1.29, 1.82) is 0 Å². The highest BCUT2D eigenvalue weighted by Gasteiger charge is 2.36. The van der Waals surface area contributed by atoms with Crippen LogP contribution in [0.3, 0.4) is 0 Å². The molecule has 2 unspecified atom stereocenters. The second-order valence-corrected chi connectivity index (χ2v) is 7.11. The predicted octanol–water partition coefficient (Wildman–Crippen LogP) is 0.202. The molecule has 2 atom stereocenters. The number of piperidine rings is 1. The van der Waals surface area contributed by atoms with Crippen LogP contribution in [0.15, 0.2) is 0 Å². The third kappa shape index (κ3) is 2.73. The number of nitrogens with one attached hydrogen (secondary N) is 2. The largest absolute Gasteiger partial charge is 0.313 e. The van der Waals surface area contributed by atoms with Crippen LogP contribution in [0.2, 0.25) is 0 Å². The topological polar surface area (TPSA) is 58.2 Å². The molecule has 0 spiro atoms. The number of halogens is 1. The molecule has 0 aromatic rings. The molecule has 2 aliphatic rings. The lowest BCUT2D eigenvalue weighted by Gasteiger charge is -2.31. The molecule has 6 heteroatoms. The van der Waals surface area contributed by atoms with E-state index in [0.29, 0.717) is 25.8 Å². The quantitative estimate of drug-likeness (QED) is 0.751. The number of sulfone groups is 1. The molecular formula is C10H19FN2O2S. The number of hydrogen-bond donors (Lipinski definition) is 2. The van der Waals surface area contributed by atoms with E-state index in [1.54, 1.807) is 0 Å². The Morgan fingerprint density at radius 2 is 2.25 bits per heavy atom. The molecule has 2 fully saturated rings. The summed E-state index contributed by atoms with van der Waals surface area (Å²) >= 11 is 0. The Kier molecular flexibility index (Phi) is 3.51. The standard InChI is InChI=1S/C10H19FN2O2S/c11-10(4-2-5-12-7-10)8-13-9-3-1-6-16(9,14)15/h9,12-13H,1-8H2. The van der Waals surface area contributed by atoms with E-state index in [1.165, 1.54) is 0 Å². The summed E-state index contributed by atoms with van der Waals surface area (Å²) in [6.45, 7) is 1.32. The molecule has 2 aliphatic heterocycles. The second-order valence-electron chi connectivity index (χ2n) is 4.81. The van der Waals surface area contributed by atoms with Crippen LogP contribution >= 0.6 is 0 Å². The molecule has 0 aliphatic carbocycles. The van der Waals surface area contributed by atoms with Gasteiger partial charge in [0.25, 0.3) is 0 Å². The normalized spacial score (nSPS) is 38.7. The smallest absolute Gasteiger partial charge is 0.166 e. The van der Waals surface area contributed by atoms with E-state index >= 15 is 0 Å². The molecule has 16 heavy (non-hydrogen) atoms. The molecular weight excluding hydrogens is 231 g/mol. The third-order valence-corrected chi connectivity index (χ3v) is 5.52. The van der Waals surface area contributed by atoms with Gasteiger partial charge >= 0.3 is 0 Å². The Hall–Kier alpha value is -0.200. The fraction of sp³-hybridized carbons (Fsp3) is 1.00. The summed E-state index contributed by atoms with van der Waals surface area (Å²) in [5.41, 5.74) is -1.28. The van der Waals surface area contributed by atoms with Gasteiger partial charge < -0.3 is 5.32 Å². The average Bonchev–Trinajstić information content (AvgIpc) is 2.56. The van der Waals surface area contributed by atoms with Gasteiger partial charge in [-0.3, -0.25) is 5.32 Å². The minimum Gasteiger partial charge on any atom is -0.313 e. The maximum Gasteiger partial charge on any atom is 0.166 e. The summed E-state index contributed by atoms with van der Waals surface area (Å²) < 4.78 is 37.2. The molecule has 2 heterocycles. The van der Waals surface area contributed by atoms with Crippen LogP contribution in [0.5, 0.6) is 0 Å². The van der Waals surface area contributed by atoms with E-state index < -0.39 is 20.9 Å². The van der Waals surface area contributed by atoms with Gasteiger partial charge in [-0.15, -0.1) is 0 Å². The van der Waals surface area contributed by atoms with Gasteiger partial charge in [0, 0.05) is 13.1 Å². The van der Waals surface area contributed by atoms with Crippen LogP contribution in [-0.2, 0) is 9.84 Å². The van der Waals surface area contributed by atoms with E-state index in [0.717, 1.165) is 13.0 Å². The minimum absolute atomic E-state index is 0.143. The Labute approximate surface area is 95.9 Å². The summed E-state index contributed by atoms with van der Waals surface area (Å²) in [5.74, 6) is 0.238. The van der Waals surface area contributed by atoms with Gasteiger partial charge in [0.1, 0.15) is 11.0 Å². The zero-order chi connectivity index (χ0) is 11.6. The van der Waals surface area contributed by atoms with Gasteiger partial charge in [-0.2, -0.15) is 0 Å². The van der Waals surface area contributed by atoms with Gasteiger partial charge in [0.05, 0.1) is 5.75 Å². The molecule has 0 radical (unpaired) electrons. The van der Waals surface area contributed by atoms with Crippen molar-refractivity contribution >= 4 is 9.84 Å². The van der Waals surface area contributed by atoms with Crippen molar-refractivity contribution in [3.63, 3.8) is 0 Å². The molecule has 2 N–H and O–H groups in total. The Morgan fingerprint density at radius 3 is 2.81 bits per heavy atom. The molecule has 0 amide bonds. The highest BCUT2D eigenvalue weighted by atomic mass is 32.2. The summed E-state index contributed by atoms with van der Waals surface area (Å²) in [6, 6.07) is 0. The van der Waals surface area contributed by atoms with E-state index in [1.807, 2.05) is 0 Å². The van der Waals surface area contributed by atoms with E-state index in [9.17, 15) is 12.8 Å². The summed E-state index contributed by atoms with van der Waals surface area (Å²) in [4.78, 5) is 0. The van der Waals surface area contributed by atoms with Gasteiger partial charge in [0.2, 0.25) is 0 Å². The van der Waals surface area contributed by atoms with Crippen molar-refractivity contribution in [3.8, 4) is 0 Å². The lowest BCUT2D eigenvalue weighted by molar-refractivity contribution is 0.119. The van der Waals surface area contributed by atoms with Crippen molar-refractivity contribution in [3.05, 3.63) is 0 Å². The maximum absolute atomic E-state index is 14.2. The molecule has 94 valence electrons. The van der Waals surface area contributed by atoms with Crippen molar-refractivity contribution in [2.75, 3.05) is 25.4 Å². The molecule has 2 rings (SSSR count). The maximum atomic E-state index is 14.2. The van der Waals surface area contributed by atoms with Crippen LogP contribution < -0.4 is 10.6 Å². The van der Waals surface area contributed by atoms with E-state index in [2.05, 4.69) is 10.6 Å². The highest BCUT2D eigenvalue weighted by Crippen LogP contribution is 2.22. The third-order valence-electron chi connectivity index (χ3n) is 3.40. The summed E-state index contributed by atoms with van der Waals surface area (Å²) in [6.07, 6.45) is 2.64. The van der Waals surface area contributed by atoms with Crippen molar-refractivity contribution in [1.82, 2.24) is 10.6 Å². The molecule has 2 saturated heterocycles. The summed E-state index contributed by atoms with van der Waals surface area (Å²) in [5, 5.41) is 5.36. The molecule has 0 aromatic heterocycles. The first-order chi connectivity index (χ1) is 7.52. The SMILES string of the molecule is O=S1(=O)CCCC1NCC1(F)CCCNC1. The first-order valence-corrected chi connectivity index (χ1v) is 7.58. The lowest BCUT2D eigenvalue weighted by Crippen LogP contribution is -2.51. The lowest BCUT2D eigenvalue weighted by atomic mass is 9.96. The Morgan fingerprint density at radius 1 is 1.44 bits per heavy atom. The first kappa shape index (κ1) is 12.3. The second kappa shape index (κ2) is 4.58. The predicted molar refractivity (Wildman–Crippen MR) is 60.8 cm³/mol. The number of rotatable bonds is 3. The fourth-order valence-corrected chi connectivity index (χ4v) is 4.12. The Bertz CT molecular complexity index is 339. The van der Waals surface area contributed by atoms with Crippen LogP contribution in [0.1, 0.15) is 25.7 Å². The fourth-order valence-electron chi connectivity index (χ4n) is 2.40. The van der Waals surface area contributed by atoms with Gasteiger partial charge in [-0.1, -0.05) is 0 Å². The number of alkyl halides is 1. The Balaban J connectivity index is 1.87. The zero-order valence-corrected chi connectivity index (χ0v) is 10.2. The highest BCUT2D eigenvalue weighted by molar-refractivity contribution is 7.92. The van der Waals surface area contributed by atoms with Crippen molar-refractivity contribution in [2.45, 2.75) is 36.7 Å². The molecule has 0 bridgehead atoms. The van der Waals surface area contributed by atoms with Gasteiger partial charge in [-0.05, 0) is 32.2 Å². The number of hydrogen-bond acceptors (Lipinski definition) is 4. The van der Waals surface area contributed by atoms with E-state index in [4.69, 9.17) is 0 Å². The van der Waals surface area contributed by atoms with Gasteiger partial charge in [0.15, 0.2) is 9.84 Å². The van der Waals surface area contributed by atoms with Crippen LogP contribution in [0, 0.1) is 0 Å². The van der Waals surface area contributed by atoms with E-state index in [-0.39, 0.29) is 12.3 Å². The van der Waals surface area contributed by atoms with Crippen LogP contribution in [-0.4, -0.2) is 44.8 Å². The average molecular weight is 250 g/mol. The summed E-state index contributed by atoms with van der Waals surface area (Å²) in [7, 11) is -3.01. The first-order valence-electron chi connectivity index (χ1n) is 5.86. The van der Waals surface area contributed by atoms with Crippen molar-refractivity contribution in [2.24, 2.45) is 0 Å². The monoisotopic (exact) mass is 250 g/mol. The molecule has 0 aromatic carbocycles. The minimum atomic E-state index is -3.01. The van der Waals surface area contributed by atoms with Crippen molar-refractivity contribution < 1.29 is 12.8 Å². The molecule has 0 saturated carbocycles. The van der Waals surface area contributed by atoms with Crippen LogP contribution in [0.25, 0.3) is 0 Å².